The lowest BCUT2D eigenvalue weighted by molar-refractivity contribution is 0.102. The Balaban J connectivity index is 2.22. The molecule has 19 heavy (non-hydrogen) atoms. The first-order chi connectivity index (χ1) is 9.10. The number of pyridine rings is 1. The van der Waals surface area contributed by atoms with Crippen LogP contribution in [-0.4, -0.2) is 10.9 Å². The first-order valence-electron chi connectivity index (χ1n) is 5.60. The van der Waals surface area contributed by atoms with E-state index in [1.807, 2.05) is 25.1 Å². The molecule has 4 N–H and O–H groups in total. The number of halogens is 1. The summed E-state index contributed by atoms with van der Waals surface area (Å²) in [5, 5.41) is 2.82. The third kappa shape index (κ3) is 3.30. The minimum Gasteiger partial charge on any atom is -0.324 e. The Morgan fingerprint density at radius 3 is 2.84 bits per heavy atom. The van der Waals surface area contributed by atoms with Gasteiger partial charge in [-0.25, -0.2) is 0 Å². The molecule has 1 aromatic heterocycles. The molecule has 0 bridgehead atoms. The number of aromatic nitrogens is 1. The van der Waals surface area contributed by atoms with Crippen molar-refractivity contribution < 1.29 is 4.79 Å². The summed E-state index contributed by atoms with van der Waals surface area (Å²) in [4.78, 5) is 16.1. The van der Waals surface area contributed by atoms with Gasteiger partial charge in [-0.15, -0.1) is 0 Å². The van der Waals surface area contributed by atoms with E-state index in [-0.39, 0.29) is 5.91 Å². The molecule has 1 amide bonds. The van der Waals surface area contributed by atoms with Crippen molar-refractivity contribution in [3.8, 4) is 0 Å². The van der Waals surface area contributed by atoms with Gasteiger partial charge in [0.2, 0.25) is 0 Å². The summed E-state index contributed by atoms with van der Waals surface area (Å²) >= 11 is 3.37. The number of amides is 1. The highest BCUT2D eigenvalue weighted by Crippen LogP contribution is 2.21. The van der Waals surface area contributed by atoms with Gasteiger partial charge in [0.1, 0.15) is 5.69 Å². The molecule has 0 saturated heterocycles. The van der Waals surface area contributed by atoms with Crippen LogP contribution < -0.4 is 16.6 Å². The Hall–Kier alpha value is -1.92. The minimum atomic E-state index is -0.279. The Kier molecular flexibility index (Phi) is 4.13. The number of hydrazine groups is 1. The maximum atomic E-state index is 12.1. The van der Waals surface area contributed by atoms with Gasteiger partial charge < -0.3 is 10.7 Å². The SMILES string of the molecule is Cc1ccc(Br)cc1NC(=O)c1cc(NN)ccn1. The summed E-state index contributed by atoms with van der Waals surface area (Å²) in [5.41, 5.74) is 5.13. The van der Waals surface area contributed by atoms with Crippen molar-refractivity contribution >= 4 is 33.2 Å². The molecule has 0 aliphatic rings. The highest BCUT2D eigenvalue weighted by atomic mass is 79.9. The number of nitrogen functional groups attached to an aromatic ring is 1. The second-order valence-electron chi connectivity index (χ2n) is 3.99. The molecule has 2 aromatic rings. The molecule has 0 saturated carbocycles. The van der Waals surface area contributed by atoms with Crippen molar-refractivity contribution in [3.63, 3.8) is 0 Å². The van der Waals surface area contributed by atoms with E-state index in [0.717, 1.165) is 15.7 Å². The topological polar surface area (TPSA) is 80.0 Å². The molecular formula is C13H13BrN4O. The van der Waals surface area contributed by atoms with Crippen LogP contribution in [0.3, 0.4) is 0 Å². The molecule has 0 aliphatic heterocycles. The van der Waals surface area contributed by atoms with E-state index in [9.17, 15) is 4.79 Å². The number of benzene rings is 1. The molecule has 0 radical (unpaired) electrons. The molecule has 0 spiro atoms. The van der Waals surface area contributed by atoms with Gasteiger partial charge in [0.15, 0.2) is 0 Å². The molecule has 2 rings (SSSR count). The van der Waals surface area contributed by atoms with Crippen molar-refractivity contribution in [3.05, 3.63) is 52.3 Å². The van der Waals surface area contributed by atoms with Gasteiger partial charge in [-0.1, -0.05) is 22.0 Å². The maximum absolute atomic E-state index is 12.1. The number of rotatable bonds is 3. The minimum absolute atomic E-state index is 0.279. The van der Waals surface area contributed by atoms with Gasteiger partial charge in [-0.05, 0) is 36.8 Å². The number of aryl methyl sites for hydroxylation is 1. The number of nitrogens with zero attached hydrogens (tertiary/aromatic N) is 1. The maximum Gasteiger partial charge on any atom is 0.274 e. The largest absolute Gasteiger partial charge is 0.324 e. The van der Waals surface area contributed by atoms with Crippen LogP contribution in [0.25, 0.3) is 0 Å². The third-order valence-electron chi connectivity index (χ3n) is 2.61. The van der Waals surface area contributed by atoms with Crippen molar-refractivity contribution in [1.29, 1.82) is 0 Å². The van der Waals surface area contributed by atoms with Crippen molar-refractivity contribution in [1.82, 2.24) is 4.98 Å². The van der Waals surface area contributed by atoms with E-state index in [2.05, 4.69) is 31.7 Å². The fourth-order valence-corrected chi connectivity index (χ4v) is 1.92. The standard InChI is InChI=1S/C13H13BrN4O/c1-8-2-3-9(14)6-11(8)17-13(19)12-7-10(18-15)4-5-16-12/h2-7H,15H2,1H3,(H,16,18)(H,17,19). The van der Waals surface area contributed by atoms with Crippen LogP contribution in [0.5, 0.6) is 0 Å². The summed E-state index contributed by atoms with van der Waals surface area (Å²) in [7, 11) is 0. The summed E-state index contributed by atoms with van der Waals surface area (Å²) in [6.45, 7) is 1.92. The Morgan fingerprint density at radius 2 is 2.11 bits per heavy atom. The van der Waals surface area contributed by atoms with Crippen LogP contribution >= 0.6 is 15.9 Å². The smallest absolute Gasteiger partial charge is 0.274 e. The number of hydrogen-bond acceptors (Lipinski definition) is 4. The van der Waals surface area contributed by atoms with Crippen molar-refractivity contribution in [2.45, 2.75) is 6.92 Å². The van der Waals surface area contributed by atoms with Gasteiger partial charge >= 0.3 is 0 Å². The van der Waals surface area contributed by atoms with Crippen molar-refractivity contribution in [2.75, 3.05) is 10.7 Å². The van der Waals surface area contributed by atoms with Crippen LogP contribution in [0.4, 0.5) is 11.4 Å². The average Bonchev–Trinajstić information content (AvgIpc) is 2.43. The lowest BCUT2D eigenvalue weighted by Gasteiger charge is -2.09. The fourth-order valence-electron chi connectivity index (χ4n) is 1.56. The van der Waals surface area contributed by atoms with E-state index < -0.39 is 0 Å². The predicted octanol–water partition coefficient (Wildman–Crippen LogP) is 2.69. The molecule has 0 aliphatic carbocycles. The van der Waals surface area contributed by atoms with Gasteiger partial charge in [0.05, 0.1) is 5.69 Å². The van der Waals surface area contributed by atoms with Gasteiger partial charge in [-0.3, -0.25) is 15.6 Å². The first-order valence-corrected chi connectivity index (χ1v) is 6.39. The fraction of sp³-hybridized carbons (Fsp3) is 0.0769. The number of nitrogens with two attached hydrogens (primary N) is 1. The predicted molar refractivity (Wildman–Crippen MR) is 78.9 cm³/mol. The molecule has 0 atom stereocenters. The second-order valence-corrected chi connectivity index (χ2v) is 4.90. The molecule has 6 heteroatoms. The monoisotopic (exact) mass is 320 g/mol. The summed E-state index contributed by atoms with van der Waals surface area (Å²) < 4.78 is 0.902. The molecule has 5 nitrogen and oxygen atoms in total. The molecule has 0 unspecified atom stereocenters. The Labute approximate surface area is 119 Å². The first kappa shape index (κ1) is 13.5. The van der Waals surface area contributed by atoms with Gasteiger partial charge in [-0.2, -0.15) is 0 Å². The Bertz CT molecular complexity index is 615. The van der Waals surface area contributed by atoms with E-state index in [1.165, 1.54) is 6.20 Å². The van der Waals surface area contributed by atoms with Crippen LogP contribution in [-0.2, 0) is 0 Å². The molecule has 0 fully saturated rings. The molecule has 98 valence electrons. The lowest BCUT2D eigenvalue weighted by Crippen LogP contribution is -2.15. The van der Waals surface area contributed by atoms with Crippen LogP contribution in [0.15, 0.2) is 41.0 Å². The zero-order chi connectivity index (χ0) is 13.8. The van der Waals surface area contributed by atoms with Gasteiger partial charge in [0, 0.05) is 16.4 Å². The Morgan fingerprint density at radius 1 is 1.32 bits per heavy atom. The van der Waals surface area contributed by atoms with Gasteiger partial charge in [0.25, 0.3) is 5.91 Å². The number of hydrogen-bond donors (Lipinski definition) is 3. The van der Waals surface area contributed by atoms with Crippen molar-refractivity contribution in [2.24, 2.45) is 5.84 Å². The second kappa shape index (κ2) is 5.81. The van der Waals surface area contributed by atoms with Crippen LogP contribution in [0.1, 0.15) is 16.1 Å². The summed E-state index contributed by atoms with van der Waals surface area (Å²) in [6, 6.07) is 8.95. The number of nitrogens with one attached hydrogen (secondary N) is 2. The van der Waals surface area contributed by atoms with E-state index in [1.54, 1.807) is 12.1 Å². The number of carbonyl (C=O) groups excluding carboxylic acids is 1. The third-order valence-corrected chi connectivity index (χ3v) is 3.10. The highest BCUT2D eigenvalue weighted by molar-refractivity contribution is 9.10. The molecular weight excluding hydrogens is 308 g/mol. The van der Waals surface area contributed by atoms with E-state index in [4.69, 9.17) is 5.84 Å². The van der Waals surface area contributed by atoms with Crippen LogP contribution in [0, 0.1) is 6.92 Å². The van der Waals surface area contributed by atoms with E-state index in [0.29, 0.717) is 11.4 Å². The number of carbonyl (C=O) groups is 1. The van der Waals surface area contributed by atoms with E-state index >= 15 is 0 Å². The lowest BCUT2D eigenvalue weighted by atomic mass is 10.2. The average molecular weight is 321 g/mol. The molecule has 1 aromatic carbocycles. The van der Waals surface area contributed by atoms with Crippen LogP contribution in [0.2, 0.25) is 0 Å². The number of anilines is 2. The molecule has 1 heterocycles. The summed E-state index contributed by atoms with van der Waals surface area (Å²) in [5.74, 6) is 5.02. The quantitative estimate of drug-likeness (QED) is 0.600. The zero-order valence-corrected chi connectivity index (χ0v) is 11.9. The zero-order valence-electron chi connectivity index (χ0n) is 10.3. The normalized spacial score (nSPS) is 10.1. The summed E-state index contributed by atoms with van der Waals surface area (Å²) in [6.07, 6.45) is 1.53. The highest BCUT2D eigenvalue weighted by Gasteiger charge is 2.10.